The summed E-state index contributed by atoms with van der Waals surface area (Å²) in [5.41, 5.74) is 0.557. The molecule has 1 aliphatic rings. The summed E-state index contributed by atoms with van der Waals surface area (Å²) in [6.45, 7) is 4.69. The first-order valence-electron chi connectivity index (χ1n) is 4.02. The van der Waals surface area contributed by atoms with E-state index in [1.807, 2.05) is 0 Å². The third-order valence-corrected chi connectivity index (χ3v) is 3.52. The Hall–Kier alpha value is 0.177. The molecule has 0 aliphatic heterocycles. The average molecular weight is 143 g/mol. The maximum atomic E-state index is 3.66. The van der Waals surface area contributed by atoms with Crippen molar-refractivity contribution in [2.45, 2.75) is 44.7 Å². The van der Waals surface area contributed by atoms with E-state index in [-0.39, 0.29) is 9.68 Å². The first-order chi connectivity index (χ1) is 4.27. The van der Waals surface area contributed by atoms with Crippen molar-refractivity contribution in [2.75, 3.05) is 0 Å². The van der Waals surface area contributed by atoms with Crippen molar-refractivity contribution in [1.82, 2.24) is 4.98 Å². The molecule has 0 aromatic carbocycles. The van der Waals surface area contributed by atoms with E-state index in [0.29, 0.717) is 5.54 Å². The van der Waals surface area contributed by atoms with Gasteiger partial charge in [-0.1, -0.05) is 19.4 Å². The van der Waals surface area contributed by atoms with Crippen molar-refractivity contribution in [3.05, 3.63) is 0 Å². The number of hydrogen-bond acceptors (Lipinski definition) is 1. The van der Waals surface area contributed by atoms with Crippen LogP contribution in [0.3, 0.4) is 0 Å². The lowest BCUT2D eigenvalue weighted by Crippen LogP contribution is -2.40. The minimum Gasteiger partial charge on any atom is -0.337 e. The van der Waals surface area contributed by atoms with E-state index < -0.39 is 0 Å². The molecule has 0 heterocycles. The lowest BCUT2D eigenvalue weighted by Gasteiger charge is -2.24. The predicted octanol–water partition coefficient (Wildman–Crippen LogP) is 1.04. The Morgan fingerprint density at radius 3 is 2.33 bits per heavy atom. The monoisotopic (exact) mass is 143 g/mol. The molecule has 2 heteroatoms. The van der Waals surface area contributed by atoms with Gasteiger partial charge in [-0.2, -0.15) is 0 Å². The second kappa shape index (κ2) is 2.84. The van der Waals surface area contributed by atoms with Crippen LogP contribution >= 0.6 is 0 Å². The zero-order valence-corrected chi connectivity index (χ0v) is 7.95. The minimum atomic E-state index is 0.0779. The van der Waals surface area contributed by atoms with Gasteiger partial charge in [-0.05, 0) is 19.8 Å². The molecule has 0 spiro atoms. The van der Waals surface area contributed by atoms with Gasteiger partial charge >= 0.3 is 0 Å². The van der Waals surface area contributed by atoms with Gasteiger partial charge in [0.25, 0.3) is 0 Å². The summed E-state index contributed by atoms with van der Waals surface area (Å²) >= 11 is 0. The van der Waals surface area contributed by atoms with E-state index in [2.05, 4.69) is 18.5 Å². The predicted molar refractivity (Wildman–Crippen MR) is 44.4 cm³/mol. The van der Waals surface area contributed by atoms with E-state index in [1.165, 1.54) is 25.7 Å². The maximum Gasteiger partial charge on any atom is 0.0891 e. The van der Waals surface area contributed by atoms with Crippen molar-refractivity contribution < 1.29 is 0 Å². The summed E-state index contributed by atoms with van der Waals surface area (Å²) in [6, 6.07) is 0. The number of nitrogens with one attached hydrogen (secondary N) is 1. The molecule has 0 atom stereocenters. The third kappa shape index (κ3) is 1.80. The van der Waals surface area contributed by atoms with Gasteiger partial charge in [0.2, 0.25) is 0 Å². The fraction of sp³-hybridized carbons (Fsp3) is 1.00. The molecule has 0 amide bonds. The number of hydrogen-bond donors (Lipinski definition) is 1. The molecule has 1 nitrogen and oxygen atoms in total. The SMILES string of the molecule is C[SiH2]NC1(C)CCCC1. The van der Waals surface area contributed by atoms with Gasteiger partial charge in [0, 0.05) is 5.54 Å². The van der Waals surface area contributed by atoms with Crippen LogP contribution in [0.25, 0.3) is 0 Å². The van der Waals surface area contributed by atoms with Crippen LogP contribution in [0.15, 0.2) is 0 Å². The van der Waals surface area contributed by atoms with Gasteiger partial charge in [0.05, 0.1) is 9.68 Å². The normalized spacial score (nSPS) is 26.0. The van der Waals surface area contributed by atoms with E-state index >= 15 is 0 Å². The van der Waals surface area contributed by atoms with Crippen LogP contribution in [-0.4, -0.2) is 15.2 Å². The third-order valence-electron chi connectivity index (χ3n) is 2.31. The summed E-state index contributed by atoms with van der Waals surface area (Å²) < 4.78 is 0. The summed E-state index contributed by atoms with van der Waals surface area (Å²) in [4.78, 5) is 3.66. The van der Waals surface area contributed by atoms with Crippen LogP contribution in [0.2, 0.25) is 6.55 Å². The highest BCUT2D eigenvalue weighted by molar-refractivity contribution is 6.30. The van der Waals surface area contributed by atoms with E-state index in [0.717, 1.165) is 0 Å². The Morgan fingerprint density at radius 2 is 1.89 bits per heavy atom. The lowest BCUT2D eigenvalue weighted by molar-refractivity contribution is 0.441. The molecule has 9 heavy (non-hydrogen) atoms. The van der Waals surface area contributed by atoms with Crippen molar-refractivity contribution in [1.29, 1.82) is 0 Å². The average Bonchev–Trinajstić information content (AvgIpc) is 2.16. The Morgan fingerprint density at radius 1 is 1.33 bits per heavy atom. The fourth-order valence-corrected chi connectivity index (χ4v) is 2.97. The van der Waals surface area contributed by atoms with Crippen molar-refractivity contribution in [3.8, 4) is 0 Å². The second-order valence-corrected chi connectivity index (χ2v) is 4.36. The van der Waals surface area contributed by atoms with Gasteiger partial charge < -0.3 is 4.98 Å². The molecule has 0 aromatic heterocycles. The molecule has 1 rings (SSSR count). The summed E-state index contributed by atoms with van der Waals surface area (Å²) in [5, 5.41) is 0. The van der Waals surface area contributed by atoms with Gasteiger partial charge in [-0.25, -0.2) is 0 Å². The Balaban J connectivity index is 2.32. The lowest BCUT2D eigenvalue weighted by atomic mass is 10.0. The van der Waals surface area contributed by atoms with Crippen LogP contribution in [0, 0.1) is 0 Å². The highest BCUT2D eigenvalue weighted by Crippen LogP contribution is 2.28. The molecule has 0 aromatic rings. The molecule has 1 aliphatic carbocycles. The van der Waals surface area contributed by atoms with E-state index in [1.54, 1.807) is 0 Å². The molecule has 0 bridgehead atoms. The molecule has 1 saturated carbocycles. The molecule has 0 radical (unpaired) electrons. The fourth-order valence-electron chi connectivity index (χ4n) is 1.76. The zero-order chi connectivity index (χ0) is 6.74. The molecular weight excluding hydrogens is 126 g/mol. The van der Waals surface area contributed by atoms with Gasteiger partial charge in [0.15, 0.2) is 0 Å². The Bertz CT molecular complexity index is 86.9. The first-order valence-corrected chi connectivity index (χ1v) is 6.14. The molecule has 0 unspecified atom stereocenters. The van der Waals surface area contributed by atoms with Crippen LogP contribution in [-0.2, 0) is 0 Å². The minimum absolute atomic E-state index is 0.0779. The molecule has 0 saturated heterocycles. The Kier molecular flexibility index (Phi) is 2.30. The smallest absolute Gasteiger partial charge is 0.0891 e. The summed E-state index contributed by atoms with van der Waals surface area (Å²) in [5.74, 6) is 0. The topological polar surface area (TPSA) is 12.0 Å². The van der Waals surface area contributed by atoms with Crippen LogP contribution in [0.5, 0.6) is 0 Å². The summed E-state index contributed by atoms with van der Waals surface area (Å²) in [7, 11) is 0.0779. The molecule has 1 fully saturated rings. The van der Waals surface area contributed by atoms with Crippen LogP contribution in [0.1, 0.15) is 32.6 Å². The maximum absolute atomic E-state index is 3.66. The molecule has 54 valence electrons. The number of rotatable bonds is 2. The van der Waals surface area contributed by atoms with Crippen molar-refractivity contribution >= 4 is 9.68 Å². The van der Waals surface area contributed by atoms with E-state index in [4.69, 9.17) is 0 Å². The standard InChI is InChI=1S/C7H17NSi/c1-7(8-9-2)5-3-4-6-7/h8H,3-6,9H2,1-2H3. The van der Waals surface area contributed by atoms with Gasteiger partial charge in [-0.15, -0.1) is 0 Å². The zero-order valence-electron chi connectivity index (χ0n) is 6.54. The van der Waals surface area contributed by atoms with Crippen LogP contribution in [0.4, 0.5) is 0 Å². The second-order valence-electron chi connectivity index (χ2n) is 3.30. The van der Waals surface area contributed by atoms with E-state index in [9.17, 15) is 0 Å². The van der Waals surface area contributed by atoms with Crippen molar-refractivity contribution in [3.63, 3.8) is 0 Å². The van der Waals surface area contributed by atoms with Gasteiger partial charge in [-0.3, -0.25) is 0 Å². The highest BCUT2D eigenvalue weighted by atomic mass is 28.2. The summed E-state index contributed by atoms with van der Waals surface area (Å²) in [6.07, 6.45) is 5.71. The molecular formula is C7H17NSi. The Labute approximate surface area is 60.1 Å². The largest absolute Gasteiger partial charge is 0.337 e. The van der Waals surface area contributed by atoms with Crippen molar-refractivity contribution in [2.24, 2.45) is 0 Å². The quantitative estimate of drug-likeness (QED) is 0.570. The first kappa shape index (κ1) is 7.29. The molecule has 1 N–H and O–H groups in total. The van der Waals surface area contributed by atoms with Gasteiger partial charge in [0.1, 0.15) is 0 Å². The highest BCUT2D eigenvalue weighted by Gasteiger charge is 2.26. The van der Waals surface area contributed by atoms with Crippen LogP contribution < -0.4 is 4.98 Å².